The van der Waals surface area contributed by atoms with Crippen LogP contribution in [0.2, 0.25) is 0 Å². The third kappa shape index (κ3) is 3.33. The molecule has 1 saturated heterocycles. The number of hydrogen-bond acceptors (Lipinski definition) is 3. The molecule has 0 amide bonds. The summed E-state index contributed by atoms with van der Waals surface area (Å²) in [4.78, 5) is 2.57. The van der Waals surface area contributed by atoms with E-state index in [1.165, 1.54) is 63.1 Å². The van der Waals surface area contributed by atoms with Crippen molar-refractivity contribution >= 4 is 0 Å². The molecule has 1 saturated carbocycles. The van der Waals surface area contributed by atoms with Crippen molar-refractivity contribution in [3.63, 3.8) is 0 Å². The maximum Gasteiger partial charge on any atom is 0.0656 e. The largest absolute Gasteiger partial charge is 0.310 e. The number of H-pyrrole nitrogens is 1. The lowest BCUT2D eigenvalue weighted by Crippen LogP contribution is -2.35. The summed E-state index contributed by atoms with van der Waals surface area (Å²) in [7, 11) is 0. The van der Waals surface area contributed by atoms with Crippen molar-refractivity contribution in [2.24, 2.45) is 0 Å². The minimum absolute atomic E-state index is 0.753. The van der Waals surface area contributed by atoms with Crippen LogP contribution >= 0.6 is 0 Å². The second kappa shape index (κ2) is 5.85. The van der Waals surface area contributed by atoms with Crippen molar-refractivity contribution in [1.29, 1.82) is 0 Å². The molecule has 1 aromatic heterocycles. The third-order valence-electron chi connectivity index (χ3n) is 4.02. The molecule has 0 aromatic carbocycles. The Balaban J connectivity index is 1.33. The molecule has 0 atom stereocenters. The van der Waals surface area contributed by atoms with Crippen LogP contribution in [-0.2, 0) is 6.54 Å². The Labute approximate surface area is 109 Å². The number of likely N-dealkylation sites (tertiary alicyclic amines) is 1. The maximum absolute atomic E-state index is 4.37. The van der Waals surface area contributed by atoms with Gasteiger partial charge in [-0.1, -0.05) is 6.42 Å². The van der Waals surface area contributed by atoms with Gasteiger partial charge in [0.05, 0.1) is 5.69 Å². The average molecular weight is 248 g/mol. The normalized spacial score (nSPS) is 21.3. The van der Waals surface area contributed by atoms with E-state index >= 15 is 0 Å². The van der Waals surface area contributed by atoms with Crippen molar-refractivity contribution < 1.29 is 0 Å². The van der Waals surface area contributed by atoms with E-state index in [0.29, 0.717) is 0 Å². The Kier molecular flexibility index (Phi) is 3.96. The molecular weight excluding hydrogens is 224 g/mol. The SMILES string of the molecule is c1c(C2CC2)n[nH]c1CNCCN1CCCCC1. The summed E-state index contributed by atoms with van der Waals surface area (Å²) in [6.45, 7) is 5.77. The monoisotopic (exact) mass is 248 g/mol. The van der Waals surface area contributed by atoms with Crippen LogP contribution < -0.4 is 5.32 Å². The van der Waals surface area contributed by atoms with Gasteiger partial charge in [-0.3, -0.25) is 5.10 Å². The molecule has 4 heteroatoms. The molecule has 1 aliphatic carbocycles. The first kappa shape index (κ1) is 12.2. The van der Waals surface area contributed by atoms with E-state index in [0.717, 1.165) is 19.0 Å². The highest BCUT2D eigenvalue weighted by molar-refractivity contribution is 5.17. The molecule has 1 aliphatic heterocycles. The van der Waals surface area contributed by atoms with Gasteiger partial charge in [0.15, 0.2) is 0 Å². The minimum atomic E-state index is 0.753. The zero-order valence-electron chi connectivity index (χ0n) is 11.1. The lowest BCUT2D eigenvalue weighted by molar-refractivity contribution is 0.229. The molecule has 2 heterocycles. The fraction of sp³-hybridized carbons (Fsp3) is 0.786. The van der Waals surface area contributed by atoms with Crippen LogP contribution in [0.5, 0.6) is 0 Å². The first-order chi connectivity index (χ1) is 8.92. The van der Waals surface area contributed by atoms with Crippen LogP contribution in [0.4, 0.5) is 0 Å². The van der Waals surface area contributed by atoms with E-state index in [1.807, 2.05) is 0 Å². The van der Waals surface area contributed by atoms with Gasteiger partial charge < -0.3 is 10.2 Å². The fourth-order valence-electron chi connectivity index (χ4n) is 2.70. The van der Waals surface area contributed by atoms with Gasteiger partial charge in [0, 0.05) is 31.2 Å². The topological polar surface area (TPSA) is 44.0 Å². The zero-order chi connectivity index (χ0) is 12.2. The van der Waals surface area contributed by atoms with Crippen molar-refractivity contribution in [3.8, 4) is 0 Å². The predicted molar refractivity (Wildman–Crippen MR) is 72.6 cm³/mol. The zero-order valence-corrected chi connectivity index (χ0v) is 11.1. The molecule has 2 N–H and O–H groups in total. The second-order valence-electron chi connectivity index (χ2n) is 5.67. The molecule has 1 aromatic rings. The second-order valence-corrected chi connectivity index (χ2v) is 5.67. The molecule has 2 aliphatic rings. The summed E-state index contributed by atoms with van der Waals surface area (Å²) in [6.07, 6.45) is 6.83. The smallest absolute Gasteiger partial charge is 0.0656 e. The van der Waals surface area contributed by atoms with E-state index in [1.54, 1.807) is 0 Å². The lowest BCUT2D eigenvalue weighted by Gasteiger charge is -2.26. The number of nitrogens with one attached hydrogen (secondary N) is 2. The first-order valence-electron chi connectivity index (χ1n) is 7.39. The summed E-state index contributed by atoms with van der Waals surface area (Å²) in [5.41, 5.74) is 2.50. The van der Waals surface area contributed by atoms with E-state index in [2.05, 4.69) is 26.5 Å². The molecule has 0 spiro atoms. The molecule has 4 nitrogen and oxygen atoms in total. The van der Waals surface area contributed by atoms with Crippen LogP contribution in [-0.4, -0.2) is 41.3 Å². The summed E-state index contributed by atoms with van der Waals surface area (Å²) in [5.74, 6) is 0.753. The van der Waals surface area contributed by atoms with Crippen LogP contribution in [0.1, 0.15) is 49.4 Å². The van der Waals surface area contributed by atoms with E-state index in [4.69, 9.17) is 0 Å². The third-order valence-corrected chi connectivity index (χ3v) is 4.02. The predicted octanol–water partition coefficient (Wildman–Crippen LogP) is 1.86. The van der Waals surface area contributed by atoms with Crippen LogP contribution in [0.3, 0.4) is 0 Å². The van der Waals surface area contributed by atoms with Crippen molar-refractivity contribution in [1.82, 2.24) is 20.4 Å². The van der Waals surface area contributed by atoms with Gasteiger partial charge in [-0.05, 0) is 44.8 Å². The van der Waals surface area contributed by atoms with E-state index in [-0.39, 0.29) is 0 Å². The molecule has 3 rings (SSSR count). The van der Waals surface area contributed by atoms with Crippen molar-refractivity contribution in [2.45, 2.75) is 44.6 Å². The Morgan fingerprint density at radius 1 is 1.28 bits per heavy atom. The molecule has 18 heavy (non-hydrogen) atoms. The minimum Gasteiger partial charge on any atom is -0.310 e. The number of piperidine rings is 1. The van der Waals surface area contributed by atoms with Gasteiger partial charge in [-0.2, -0.15) is 5.10 Å². The van der Waals surface area contributed by atoms with Crippen LogP contribution in [0.15, 0.2) is 6.07 Å². The van der Waals surface area contributed by atoms with Gasteiger partial charge >= 0.3 is 0 Å². The molecule has 0 bridgehead atoms. The molecule has 100 valence electrons. The van der Waals surface area contributed by atoms with Gasteiger partial charge in [0.2, 0.25) is 0 Å². The Bertz CT molecular complexity index is 364. The Morgan fingerprint density at radius 3 is 2.89 bits per heavy atom. The van der Waals surface area contributed by atoms with Crippen molar-refractivity contribution in [3.05, 3.63) is 17.5 Å². The number of rotatable bonds is 6. The molecular formula is C14H24N4. The lowest BCUT2D eigenvalue weighted by atomic mass is 10.1. The van der Waals surface area contributed by atoms with Crippen LogP contribution in [0, 0.1) is 0 Å². The molecule has 0 radical (unpaired) electrons. The highest BCUT2D eigenvalue weighted by Crippen LogP contribution is 2.38. The Morgan fingerprint density at radius 2 is 2.11 bits per heavy atom. The summed E-state index contributed by atoms with van der Waals surface area (Å²) < 4.78 is 0. The summed E-state index contributed by atoms with van der Waals surface area (Å²) in [5, 5.41) is 11.0. The molecule has 2 fully saturated rings. The number of aromatic amines is 1. The highest BCUT2D eigenvalue weighted by Gasteiger charge is 2.25. The first-order valence-corrected chi connectivity index (χ1v) is 7.39. The summed E-state index contributed by atoms with van der Waals surface area (Å²) in [6, 6.07) is 2.23. The molecule has 0 unspecified atom stereocenters. The summed E-state index contributed by atoms with van der Waals surface area (Å²) >= 11 is 0. The van der Waals surface area contributed by atoms with E-state index < -0.39 is 0 Å². The number of aromatic nitrogens is 2. The van der Waals surface area contributed by atoms with Gasteiger partial charge in [0.25, 0.3) is 0 Å². The fourth-order valence-corrected chi connectivity index (χ4v) is 2.70. The number of nitrogens with zero attached hydrogens (tertiary/aromatic N) is 2. The van der Waals surface area contributed by atoms with E-state index in [9.17, 15) is 0 Å². The standard InChI is InChI=1S/C14H24N4/c1-2-7-18(8-3-1)9-6-15-11-13-10-14(17-16-13)12-4-5-12/h10,12,15H,1-9,11H2,(H,16,17). The Hall–Kier alpha value is -0.870. The highest BCUT2D eigenvalue weighted by atomic mass is 15.2. The quantitative estimate of drug-likeness (QED) is 0.755. The number of hydrogen-bond donors (Lipinski definition) is 2. The van der Waals surface area contributed by atoms with Crippen LogP contribution in [0.25, 0.3) is 0 Å². The van der Waals surface area contributed by atoms with Gasteiger partial charge in [-0.15, -0.1) is 0 Å². The van der Waals surface area contributed by atoms with Gasteiger partial charge in [0.1, 0.15) is 0 Å². The maximum atomic E-state index is 4.37. The van der Waals surface area contributed by atoms with Gasteiger partial charge in [-0.25, -0.2) is 0 Å². The average Bonchev–Trinajstić information content (AvgIpc) is 3.16. The van der Waals surface area contributed by atoms with Crippen molar-refractivity contribution in [2.75, 3.05) is 26.2 Å².